The number of sulfonamides is 1. The highest BCUT2D eigenvalue weighted by atomic mass is 35.5. The molecule has 27 heavy (non-hydrogen) atoms. The molecule has 2 aromatic rings. The van der Waals surface area contributed by atoms with E-state index in [0.717, 1.165) is 41.6 Å². The van der Waals surface area contributed by atoms with E-state index in [-0.39, 0.29) is 12.4 Å². The molecule has 0 spiro atoms. The topological polar surface area (TPSA) is 62.3 Å². The maximum atomic E-state index is 13.0. The number of hydrogen-bond acceptors (Lipinski definition) is 5. The summed E-state index contributed by atoms with van der Waals surface area (Å²) in [6.07, 6.45) is 4.46. The van der Waals surface area contributed by atoms with Crippen molar-refractivity contribution >= 4 is 33.8 Å². The number of halogens is 1. The second kappa shape index (κ2) is 8.57. The molecule has 0 bridgehead atoms. The van der Waals surface area contributed by atoms with Gasteiger partial charge in [0.05, 0.1) is 4.90 Å². The number of aryl methyl sites for hydroxylation is 1. The molecule has 5 nitrogen and oxygen atoms in total. The molecule has 8 heteroatoms. The number of nitrogens with one attached hydrogen (secondary N) is 1. The van der Waals surface area contributed by atoms with Gasteiger partial charge in [0.1, 0.15) is 5.01 Å². The summed E-state index contributed by atoms with van der Waals surface area (Å²) < 4.78 is 27.7. The van der Waals surface area contributed by atoms with Gasteiger partial charge in [-0.3, -0.25) is 0 Å². The highest BCUT2D eigenvalue weighted by Crippen LogP contribution is 2.29. The quantitative estimate of drug-likeness (QED) is 0.763. The first-order valence-corrected chi connectivity index (χ1v) is 11.6. The summed E-state index contributed by atoms with van der Waals surface area (Å²) in [7, 11) is -3.45. The number of benzene rings is 1. The Labute approximate surface area is 171 Å². The average molecular weight is 428 g/mol. The van der Waals surface area contributed by atoms with E-state index in [2.05, 4.69) is 10.3 Å². The van der Waals surface area contributed by atoms with Gasteiger partial charge in [0.15, 0.2) is 0 Å². The zero-order valence-electron chi connectivity index (χ0n) is 15.4. The zero-order chi connectivity index (χ0) is 18.1. The number of thiazole rings is 1. The van der Waals surface area contributed by atoms with Crippen LogP contribution in [-0.4, -0.2) is 43.4 Å². The normalized spacial score (nSPS) is 19.0. The molecule has 0 unspecified atom stereocenters. The molecule has 1 aliphatic heterocycles. The third-order valence-electron chi connectivity index (χ3n) is 5.18. The Balaban J connectivity index is 0.00000210. The molecule has 2 fully saturated rings. The maximum absolute atomic E-state index is 13.0. The van der Waals surface area contributed by atoms with E-state index in [4.69, 9.17) is 0 Å². The van der Waals surface area contributed by atoms with Crippen LogP contribution in [0, 0.1) is 12.8 Å². The minimum atomic E-state index is -3.45. The first-order chi connectivity index (χ1) is 12.5. The molecule has 2 aliphatic rings. The summed E-state index contributed by atoms with van der Waals surface area (Å²) in [6.45, 7) is 4.21. The Bertz CT molecular complexity index is 873. The summed E-state index contributed by atoms with van der Waals surface area (Å²) >= 11 is 1.54. The van der Waals surface area contributed by atoms with Crippen LogP contribution in [0.3, 0.4) is 0 Å². The highest BCUT2D eigenvalue weighted by molar-refractivity contribution is 7.89. The minimum absolute atomic E-state index is 0. The molecule has 0 amide bonds. The third kappa shape index (κ3) is 4.90. The van der Waals surface area contributed by atoms with Gasteiger partial charge in [0, 0.05) is 35.8 Å². The van der Waals surface area contributed by atoms with Crippen LogP contribution in [0.4, 0.5) is 0 Å². The predicted molar refractivity (Wildman–Crippen MR) is 112 cm³/mol. The van der Waals surface area contributed by atoms with E-state index in [1.807, 2.05) is 24.4 Å². The number of piperidine rings is 1. The van der Waals surface area contributed by atoms with Gasteiger partial charge in [-0.2, -0.15) is 4.31 Å². The van der Waals surface area contributed by atoms with Crippen LogP contribution in [0.2, 0.25) is 0 Å². The van der Waals surface area contributed by atoms with E-state index in [1.165, 1.54) is 12.8 Å². The lowest BCUT2D eigenvalue weighted by Gasteiger charge is -2.31. The van der Waals surface area contributed by atoms with E-state index >= 15 is 0 Å². The number of nitrogens with zero attached hydrogens (tertiary/aromatic N) is 2. The molecule has 1 aromatic carbocycles. The molecule has 1 N–H and O–H groups in total. The molecule has 1 aromatic heterocycles. The lowest BCUT2D eigenvalue weighted by molar-refractivity contribution is 0.288. The first kappa shape index (κ1) is 20.7. The van der Waals surface area contributed by atoms with Gasteiger partial charge in [-0.15, -0.1) is 23.7 Å². The van der Waals surface area contributed by atoms with Crippen LogP contribution in [0.25, 0.3) is 10.6 Å². The van der Waals surface area contributed by atoms with Crippen LogP contribution in [0.15, 0.2) is 34.5 Å². The Hall–Kier alpha value is -0.990. The third-order valence-corrected chi connectivity index (χ3v) is 8.09. The van der Waals surface area contributed by atoms with E-state index in [1.54, 1.807) is 27.8 Å². The monoisotopic (exact) mass is 427 g/mol. The van der Waals surface area contributed by atoms with Gasteiger partial charge in [-0.05, 0) is 57.2 Å². The van der Waals surface area contributed by atoms with Gasteiger partial charge in [-0.1, -0.05) is 12.1 Å². The van der Waals surface area contributed by atoms with Crippen molar-refractivity contribution in [2.24, 2.45) is 5.92 Å². The van der Waals surface area contributed by atoms with Gasteiger partial charge in [0.25, 0.3) is 0 Å². The van der Waals surface area contributed by atoms with Crippen LogP contribution in [0.1, 0.15) is 31.4 Å². The molecular weight excluding hydrogens is 402 g/mol. The van der Waals surface area contributed by atoms with Crippen molar-refractivity contribution in [3.8, 4) is 10.6 Å². The molecule has 0 radical (unpaired) electrons. The van der Waals surface area contributed by atoms with Crippen molar-refractivity contribution in [3.63, 3.8) is 0 Å². The van der Waals surface area contributed by atoms with Crippen molar-refractivity contribution in [1.29, 1.82) is 0 Å². The van der Waals surface area contributed by atoms with Gasteiger partial charge >= 0.3 is 0 Å². The van der Waals surface area contributed by atoms with Crippen molar-refractivity contribution in [2.45, 2.75) is 43.5 Å². The minimum Gasteiger partial charge on any atom is -0.314 e. The van der Waals surface area contributed by atoms with Crippen LogP contribution in [-0.2, 0) is 10.0 Å². The molecular formula is C19H26ClN3O2S2. The molecule has 1 saturated carbocycles. The maximum Gasteiger partial charge on any atom is 0.243 e. The average Bonchev–Trinajstić information content (AvgIpc) is 3.39. The summed E-state index contributed by atoms with van der Waals surface area (Å²) in [5.41, 5.74) is 1.82. The van der Waals surface area contributed by atoms with Crippen LogP contribution in [0.5, 0.6) is 0 Å². The number of hydrogen-bond donors (Lipinski definition) is 1. The summed E-state index contributed by atoms with van der Waals surface area (Å²) in [4.78, 5) is 4.84. The summed E-state index contributed by atoms with van der Waals surface area (Å²) in [5.74, 6) is 0.856. The van der Waals surface area contributed by atoms with Crippen molar-refractivity contribution in [2.75, 3.05) is 19.6 Å². The fraction of sp³-hybridized carbons (Fsp3) is 0.526. The van der Waals surface area contributed by atoms with Gasteiger partial charge in [0.2, 0.25) is 10.0 Å². The van der Waals surface area contributed by atoms with Crippen LogP contribution >= 0.6 is 23.7 Å². The molecule has 1 aliphatic carbocycles. The number of rotatable bonds is 6. The van der Waals surface area contributed by atoms with Crippen LogP contribution < -0.4 is 5.32 Å². The Kier molecular flexibility index (Phi) is 6.58. The largest absolute Gasteiger partial charge is 0.314 e. The lowest BCUT2D eigenvalue weighted by Crippen LogP contribution is -2.45. The standard InChI is InChI=1S/C19H25N3O2S2.ClH/c1-14-13-25-19(21-14)16-3-2-4-18(11-16)26(23,24)22-9-7-17(8-10-22)20-12-15-5-6-15;/h2-4,11,13,15,17,20H,5-10,12H2,1H3;1H. The lowest BCUT2D eigenvalue weighted by atomic mass is 10.1. The fourth-order valence-corrected chi connectivity index (χ4v) is 5.69. The fourth-order valence-electron chi connectivity index (χ4n) is 3.38. The SMILES string of the molecule is Cc1csc(-c2cccc(S(=O)(=O)N3CCC(NCC4CC4)CC3)c2)n1.Cl. The Morgan fingerprint density at radius 3 is 2.59 bits per heavy atom. The summed E-state index contributed by atoms with van der Waals surface area (Å²) in [5, 5.41) is 6.45. The first-order valence-electron chi connectivity index (χ1n) is 9.28. The molecule has 1 saturated heterocycles. The highest BCUT2D eigenvalue weighted by Gasteiger charge is 2.30. The van der Waals surface area contributed by atoms with Crippen molar-refractivity contribution in [1.82, 2.24) is 14.6 Å². The molecule has 148 valence electrons. The molecule has 4 rings (SSSR count). The Morgan fingerprint density at radius 1 is 1.22 bits per heavy atom. The smallest absolute Gasteiger partial charge is 0.243 e. The van der Waals surface area contributed by atoms with E-state index in [0.29, 0.717) is 24.0 Å². The Morgan fingerprint density at radius 2 is 1.96 bits per heavy atom. The van der Waals surface area contributed by atoms with Gasteiger partial charge in [-0.25, -0.2) is 13.4 Å². The second-order valence-electron chi connectivity index (χ2n) is 7.35. The van der Waals surface area contributed by atoms with Crippen molar-refractivity contribution in [3.05, 3.63) is 35.3 Å². The predicted octanol–water partition coefficient (Wildman–Crippen LogP) is 3.69. The molecule has 0 atom stereocenters. The van der Waals surface area contributed by atoms with Gasteiger partial charge < -0.3 is 5.32 Å². The second-order valence-corrected chi connectivity index (χ2v) is 10.1. The zero-order valence-corrected chi connectivity index (χ0v) is 17.9. The van der Waals surface area contributed by atoms with Crippen molar-refractivity contribution < 1.29 is 8.42 Å². The van der Waals surface area contributed by atoms with E-state index < -0.39 is 10.0 Å². The molecule has 2 heterocycles. The van der Waals surface area contributed by atoms with E-state index in [9.17, 15) is 8.42 Å². The number of aromatic nitrogens is 1. The summed E-state index contributed by atoms with van der Waals surface area (Å²) in [6, 6.07) is 7.63.